The number of hydrogen-bond acceptors (Lipinski definition) is 3. The van der Waals surface area contributed by atoms with Gasteiger partial charge >= 0.3 is 0 Å². The second kappa shape index (κ2) is 4.53. The molecule has 2 aliphatic heterocycles. The summed E-state index contributed by atoms with van der Waals surface area (Å²) >= 11 is 0. The number of rotatable bonds is 1. The molecule has 3 nitrogen and oxygen atoms in total. The summed E-state index contributed by atoms with van der Waals surface area (Å²) in [6.07, 6.45) is 1.83. The SMILES string of the molecule is N[C@@H]1CC(c2ccc3c(c2)CCO3)Oc2ccccc21. The fraction of sp³-hybridized carbons (Fsp3) is 0.294. The molecule has 0 saturated heterocycles. The van der Waals surface area contributed by atoms with Gasteiger partial charge < -0.3 is 15.2 Å². The molecule has 20 heavy (non-hydrogen) atoms. The molecule has 0 amide bonds. The maximum Gasteiger partial charge on any atom is 0.126 e. The molecule has 2 N–H and O–H groups in total. The summed E-state index contributed by atoms with van der Waals surface area (Å²) in [7, 11) is 0. The van der Waals surface area contributed by atoms with Gasteiger partial charge in [0.25, 0.3) is 0 Å². The van der Waals surface area contributed by atoms with Crippen LogP contribution in [-0.2, 0) is 6.42 Å². The fourth-order valence-corrected chi connectivity index (χ4v) is 3.06. The third-order valence-corrected chi connectivity index (χ3v) is 4.14. The topological polar surface area (TPSA) is 44.5 Å². The number of para-hydroxylation sites is 1. The van der Waals surface area contributed by atoms with E-state index in [4.69, 9.17) is 15.2 Å². The maximum absolute atomic E-state index is 6.28. The number of fused-ring (bicyclic) bond motifs is 2. The average Bonchev–Trinajstić information content (AvgIpc) is 2.94. The zero-order chi connectivity index (χ0) is 13.5. The molecule has 2 aliphatic rings. The van der Waals surface area contributed by atoms with Crippen LogP contribution in [0.4, 0.5) is 0 Å². The first-order valence-electron chi connectivity index (χ1n) is 7.08. The van der Waals surface area contributed by atoms with E-state index in [1.165, 1.54) is 11.1 Å². The van der Waals surface area contributed by atoms with E-state index in [0.717, 1.165) is 36.5 Å². The molecule has 4 rings (SSSR count). The third-order valence-electron chi connectivity index (χ3n) is 4.14. The fourth-order valence-electron chi connectivity index (χ4n) is 3.06. The Kier molecular flexibility index (Phi) is 2.67. The van der Waals surface area contributed by atoms with Crippen molar-refractivity contribution in [3.05, 3.63) is 59.2 Å². The van der Waals surface area contributed by atoms with E-state index in [1.54, 1.807) is 0 Å². The molecule has 1 unspecified atom stereocenters. The van der Waals surface area contributed by atoms with Crippen molar-refractivity contribution in [1.29, 1.82) is 0 Å². The number of nitrogens with two attached hydrogens (primary N) is 1. The highest BCUT2D eigenvalue weighted by Gasteiger charge is 2.27. The normalized spacial score (nSPS) is 23.4. The Labute approximate surface area is 118 Å². The minimum absolute atomic E-state index is 0.0331. The Balaban J connectivity index is 1.68. The largest absolute Gasteiger partial charge is 0.493 e. The average molecular weight is 267 g/mol. The third kappa shape index (κ3) is 1.86. The number of benzene rings is 2. The van der Waals surface area contributed by atoms with E-state index >= 15 is 0 Å². The lowest BCUT2D eigenvalue weighted by Crippen LogP contribution is -2.24. The van der Waals surface area contributed by atoms with Crippen LogP contribution in [0.5, 0.6) is 11.5 Å². The molecule has 0 radical (unpaired) electrons. The van der Waals surface area contributed by atoms with Gasteiger partial charge in [0.15, 0.2) is 0 Å². The van der Waals surface area contributed by atoms with Gasteiger partial charge in [-0.05, 0) is 29.3 Å². The summed E-state index contributed by atoms with van der Waals surface area (Å²) in [6, 6.07) is 14.4. The van der Waals surface area contributed by atoms with Crippen LogP contribution in [0.2, 0.25) is 0 Å². The monoisotopic (exact) mass is 267 g/mol. The minimum Gasteiger partial charge on any atom is -0.493 e. The van der Waals surface area contributed by atoms with Crippen molar-refractivity contribution in [2.24, 2.45) is 5.73 Å². The Morgan fingerprint density at radius 1 is 1.05 bits per heavy atom. The highest BCUT2D eigenvalue weighted by atomic mass is 16.5. The predicted molar refractivity (Wildman–Crippen MR) is 77.0 cm³/mol. The number of ether oxygens (including phenoxy) is 2. The van der Waals surface area contributed by atoms with Gasteiger partial charge in [0.05, 0.1) is 6.61 Å². The standard InChI is InChI=1S/C17H17NO2/c18-14-10-17(20-16-4-2-1-3-13(14)16)11-5-6-15-12(9-11)7-8-19-15/h1-6,9,14,17H,7-8,10,18H2/t14-,17?/m1/s1. The second-order valence-corrected chi connectivity index (χ2v) is 5.45. The lowest BCUT2D eigenvalue weighted by atomic mass is 9.93. The molecular formula is C17H17NO2. The van der Waals surface area contributed by atoms with Crippen LogP contribution in [0.3, 0.4) is 0 Å². The lowest BCUT2D eigenvalue weighted by molar-refractivity contribution is 0.161. The molecule has 3 heteroatoms. The van der Waals surface area contributed by atoms with E-state index in [0.29, 0.717) is 0 Å². The number of hydrogen-bond donors (Lipinski definition) is 1. The molecule has 0 fully saturated rings. The molecule has 2 heterocycles. The molecule has 0 aromatic heterocycles. The van der Waals surface area contributed by atoms with Crippen LogP contribution in [0.25, 0.3) is 0 Å². The van der Waals surface area contributed by atoms with E-state index in [-0.39, 0.29) is 12.1 Å². The van der Waals surface area contributed by atoms with Crippen molar-refractivity contribution in [2.75, 3.05) is 6.61 Å². The Hall–Kier alpha value is -2.00. The molecule has 2 aromatic carbocycles. The highest BCUT2D eigenvalue weighted by Crippen LogP contribution is 2.40. The predicted octanol–water partition coefficient (Wildman–Crippen LogP) is 3.15. The van der Waals surface area contributed by atoms with E-state index < -0.39 is 0 Å². The molecule has 0 aliphatic carbocycles. The van der Waals surface area contributed by atoms with Crippen molar-refractivity contribution >= 4 is 0 Å². The van der Waals surface area contributed by atoms with Crippen LogP contribution in [0, 0.1) is 0 Å². The molecule has 0 saturated carbocycles. The van der Waals surface area contributed by atoms with Crippen molar-refractivity contribution in [3.63, 3.8) is 0 Å². The quantitative estimate of drug-likeness (QED) is 0.863. The zero-order valence-corrected chi connectivity index (χ0v) is 11.2. The van der Waals surface area contributed by atoms with Crippen LogP contribution in [-0.4, -0.2) is 6.61 Å². The molecule has 2 atom stereocenters. The first-order chi connectivity index (χ1) is 9.81. The Bertz CT molecular complexity index is 653. The summed E-state index contributed by atoms with van der Waals surface area (Å²) in [4.78, 5) is 0. The molecular weight excluding hydrogens is 250 g/mol. The van der Waals surface area contributed by atoms with Crippen molar-refractivity contribution < 1.29 is 9.47 Å². The van der Waals surface area contributed by atoms with E-state index in [9.17, 15) is 0 Å². The van der Waals surface area contributed by atoms with Crippen molar-refractivity contribution in [1.82, 2.24) is 0 Å². The van der Waals surface area contributed by atoms with Gasteiger partial charge in [-0.1, -0.05) is 24.3 Å². The van der Waals surface area contributed by atoms with Crippen molar-refractivity contribution in [3.8, 4) is 11.5 Å². The van der Waals surface area contributed by atoms with E-state index in [1.807, 2.05) is 30.3 Å². The van der Waals surface area contributed by atoms with Gasteiger partial charge in [0.1, 0.15) is 17.6 Å². The first-order valence-corrected chi connectivity index (χ1v) is 7.08. The molecule has 2 aromatic rings. The Morgan fingerprint density at radius 2 is 1.95 bits per heavy atom. The van der Waals surface area contributed by atoms with Gasteiger partial charge in [-0.25, -0.2) is 0 Å². The van der Waals surface area contributed by atoms with Gasteiger partial charge in [-0.3, -0.25) is 0 Å². The first kappa shape index (κ1) is 11.8. The second-order valence-electron chi connectivity index (χ2n) is 5.45. The Morgan fingerprint density at radius 3 is 2.90 bits per heavy atom. The molecule has 102 valence electrons. The van der Waals surface area contributed by atoms with Gasteiger partial charge in [-0.2, -0.15) is 0 Å². The van der Waals surface area contributed by atoms with Crippen LogP contribution >= 0.6 is 0 Å². The van der Waals surface area contributed by atoms with Crippen LogP contribution < -0.4 is 15.2 Å². The summed E-state index contributed by atoms with van der Waals surface area (Å²) in [5.74, 6) is 1.92. The summed E-state index contributed by atoms with van der Waals surface area (Å²) in [6.45, 7) is 0.784. The van der Waals surface area contributed by atoms with Gasteiger partial charge in [0.2, 0.25) is 0 Å². The molecule has 0 spiro atoms. The summed E-state index contributed by atoms with van der Waals surface area (Å²) < 4.78 is 11.7. The van der Waals surface area contributed by atoms with Crippen LogP contribution in [0.15, 0.2) is 42.5 Å². The maximum atomic E-state index is 6.28. The smallest absolute Gasteiger partial charge is 0.126 e. The van der Waals surface area contributed by atoms with Gasteiger partial charge in [0, 0.05) is 24.4 Å². The highest BCUT2D eigenvalue weighted by molar-refractivity contribution is 5.43. The molecule has 0 bridgehead atoms. The minimum atomic E-state index is 0.0331. The lowest BCUT2D eigenvalue weighted by Gasteiger charge is -2.30. The van der Waals surface area contributed by atoms with Crippen LogP contribution in [0.1, 0.15) is 35.3 Å². The zero-order valence-electron chi connectivity index (χ0n) is 11.2. The van der Waals surface area contributed by atoms with E-state index in [2.05, 4.69) is 12.1 Å². The summed E-state index contributed by atoms with van der Waals surface area (Å²) in [5.41, 5.74) is 9.86. The summed E-state index contributed by atoms with van der Waals surface area (Å²) in [5, 5.41) is 0. The van der Waals surface area contributed by atoms with Gasteiger partial charge in [-0.15, -0.1) is 0 Å². The van der Waals surface area contributed by atoms with Crippen molar-refractivity contribution in [2.45, 2.75) is 25.0 Å².